The van der Waals surface area contributed by atoms with Gasteiger partial charge in [-0.15, -0.1) is 0 Å². The molecule has 1 aliphatic rings. The minimum Gasteiger partial charge on any atom is -0.311 e. The Morgan fingerprint density at radius 2 is 2.20 bits per heavy atom. The summed E-state index contributed by atoms with van der Waals surface area (Å²) in [6.45, 7) is 4.76. The maximum atomic E-state index is 11.5. The molecule has 3 rings (SSSR count). The first kappa shape index (κ1) is 13.0. The lowest BCUT2D eigenvalue weighted by Gasteiger charge is -2.15. The second-order valence-electron chi connectivity index (χ2n) is 5.33. The van der Waals surface area contributed by atoms with E-state index in [2.05, 4.69) is 19.9 Å². The third kappa shape index (κ3) is 2.93. The summed E-state index contributed by atoms with van der Waals surface area (Å²) in [5.74, 6) is 1.05. The SMILES string of the molecule is Cc1nc([C@H]2CCN(Cc3ccncc3)C2)cc(=O)[nH]1. The molecular weight excluding hydrogens is 252 g/mol. The number of aromatic nitrogens is 3. The number of aryl methyl sites for hydroxylation is 1. The molecule has 20 heavy (non-hydrogen) atoms. The summed E-state index contributed by atoms with van der Waals surface area (Å²) in [6, 6.07) is 5.72. The van der Waals surface area contributed by atoms with Crippen LogP contribution in [0.5, 0.6) is 0 Å². The number of pyridine rings is 1. The van der Waals surface area contributed by atoms with E-state index in [9.17, 15) is 4.79 Å². The summed E-state index contributed by atoms with van der Waals surface area (Å²) in [4.78, 5) is 25.1. The minimum atomic E-state index is -0.0555. The smallest absolute Gasteiger partial charge is 0.251 e. The van der Waals surface area contributed by atoms with E-state index in [4.69, 9.17) is 0 Å². The number of likely N-dealkylation sites (tertiary alicyclic amines) is 1. The minimum absolute atomic E-state index is 0.0555. The van der Waals surface area contributed by atoms with Crippen molar-refractivity contribution in [2.24, 2.45) is 0 Å². The van der Waals surface area contributed by atoms with Crippen molar-refractivity contribution in [3.05, 3.63) is 58.0 Å². The fourth-order valence-corrected chi connectivity index (χ4v) is 2.78. The zero-order chi connectivity index (χ0) is 13.9. The highest BCUT2D eigenvalue weighted by atomic mass is 16.1. The highest BCUT2D eigenvalue weighted by molar-refractivity contribution is 5.13. The molecule has 0 bridgehead atoms. The summed E-state index contributed by atoms with van der Waals surface area (Å²) in [5, 5.41) is 0. The van der Waals surface area contributed by atoms with E-state index in [1.165, 1.54) is 5.56 Å². The molecule has 2 aromatic heterocycles. The molecule has 0 spiro atoms. The first-order valence-electron chi connectivity index (χ1n) is 6.90. The summed E-state index contributed by atoms with van der Waals surface area (Å²) in [7, 11) is 0. The molecule has 104 valence electrons. The summed E-state index contributed by atoms with van der Waals surface area (Å²) >= 11 is 0. The first-order valence-corrected chi connectivity index (χ1v) is 6.90. The molecule has 0 amide bonds. The number of hydrogen-bond donors (Lipinski definition) is 1. The van der Waals surface area contributed by atoms with Gasteiger partial charge in [0.25, 0.3) is 5.56 Å². The van der Waals surface area contributed by atoms with Crippen molar-refractivity contribution in [2.45, 2.75) is 25.8 Å². The van der Waals surface area contributed by atoms with Crippen LogP contribution in [0.2, 0.25) is 0 Å². The molecule has 0 aromatic carbocycles. The molecule has 1 aliphatic heterocycles. The van der Waals surface area contributed by atoms with E-state index in [0.717, 1.165) is 31.7 Å². The second-order valence-corrected chi connectivity index (χ2v) is 5.33. The van der Waals surface area contributed by atoms with Crippen LogP contribution in [0.25, 0.3) is 0 Å². The van der Waals surface area contributed by atoms with Gasteiger partial charge >= 0.3 is 0 Å². The quantitative estimate of drug-likeness (QED) is 0.917. The van der Waals surface area contributed by atoms with E-state index in [0.29, 0.717) is 11.7 Å². The Morgan fingerprint density at radius 3 is 2.95 bits per heavy atom. The number of aromatic amines is 1. The Bertz CT molecular complexity index is 638. The molecule has 1 atom stereocenters. The Balaban J connectivity index is 1.69. The monoisotopic (exact) mass is 270 g/mol. The predicted molar refractivity (Wildman–Crippen MR) is 76.5 cm³/mol. The lowest BCUT2D eigenvalue weighted by molar-refractivity contribution is 0.326. The lowest BCUT2D eigenvalue weighted by Crippen LogP contribution is -2.20. The van der Waals surface area contributed by atoms with Gasteiger partial charge in [0.05, 0.1) is 5.69 Å². The van der Waals surface area contributed by atoms with Gasteiger partial charge < -0.3 is 4.98 Å². The van der Waals surface area contributed by atoms with Crippen molar-refractivity contribution in [3.8, 4) is 0 Å². The average molecular weight is 270 g/mol. The molecule has 3 heterocycles. The van der Waals surface area contributed by atoms with Crippen LogP contribution in [0.3, 0.4) is 0 Å². The maximum absolute atomic E-state index is 11.5. The Hall–Kier alpha value is -2.01. The number of H-pyrrole nitrogens is 1. The van der Waals surface area contributed by atoms with E-state index < -0.39 is 0 Å². The van der Waals surface area contributed by atoms with Gasteiger partial charge in [-0.2, -0.15) is 0 Å². The van der Waals surface area contributed by atoms with Gasteiger partial charge in [-0.25, -0.2) is 4.98 Å². The van der Waals surface area contributed by atoms with Crippen LogP contribution in [-0.2, 0) is 6.54 Å². The van der Waals surface area contributed by atoms with Crippen LogP contribution in [0.15, 0.2) is 35.4 Å². The van der Waals surface area contributed by atoms with Crippen molar-refractivity contribution in [2.75, 3.05) is 13.1 Å². The van der Waals surface area contributed by atoms with Crippen LogP contribution < -0.4 is 5.56 Å². The van der Waals surface area contributed by atoms with Crippen LogP contribution in [0.1, 0.15) is 29.4 Å². The molecule has 1 fully saturated rings. The molecule has 5 nitrogen and oxygen atoms in total. The van der Waals surface area contributed by atoms with Gasteiger partial charge in [-0.05, 0) is 37.6 Å². The largest absolute Gasteiger partial charge is 0.311 e. The third-order valence-corrected chi connectivity index (χ3v) is 3.73. The second kappa shape index (κ2) is 5.54. The summed E-state index contributed by atoms with van der Waals surface area (Å²) < 4.78 is 0. The zero-order valence-corrected chi connectivity index (χ0v) is 11.5. The van der Waals surface area contributed by atoms with Crippen molar-refractivity contribution in [3.63, 3.8) is 0 Å². The van der Waals surface area contributed by atoms with Crippen LogP contribution >= 0.6 is 0 Å². The molecule has 1 N–H and O–H groups in total. The van der Waals surface area contributed by atoms with Crippen LogP contribution in [-0.4, -0.2) is 32.9 Å². The van der Waals surface area contributed by atoms with E-state index >= 15 is 0 Å². The van der Waals surface area contributed by atoms with Gasteiger partial charge in [0, 0.05) is 37.5 Å². The van der Waals surface area contributed by atoms with Crippen molar-refractivity contribution < 1.29 is 0 Å². The number of hydrogen-bond acceptors (Lipinski definition) is 4. The zero-order valence-electron chi connectivity index (χ0n) is 11.5. The van der Waals surface area contributed by atoms with E-state index in [-0.39, 0.29) is 5.56 Å². The van der Waals surface area contributed by atoms with Gasteiger partial charge in [0.2, 0.25) is 0 Å². The fraction of sp³-hybridized carbons (Fsp3) is 0.400. The molecule has 0 radical (unpaired) electrons. The van der Waals surface area contributed by atoms with Gasteiger partial charge in [-0.3, -0.25) is 14.7 Å². The highest BCUT2D eigenvalue weighted by Gasteiger charge is 2.25. The molecule has 0 aliphatic carbocycles. The summed E-state index contributed by atoms with van der Waals surface area (Å²) in [6.07, 6.45) is 4.70. The molecule has 2 aromatic rings. The predicted octanol–water partition coefficient (Wildman–Crippen LogP) is 1.46. The Labute approximate surface area is 117 Å². The Kier molecular flexibility index (Phi) is 3.60. The molecule has 1 saturated heterocycles. The van der Waals surface area contributed by atoms with E-state index in [1.807, 2.05) is 31.5 Å². The highest BCUT2D eigenvalue weighted by Crippen LogP contribution is 2.26. The molecule has 0 unspecified atom stereocenters. The maximum Gasteiger partial charge on any atom is 0.251 e. The molecule has 5 heteroatoms. The van der Waals surface area contributed by atoms with Crippen molar-refractivity contribution in [1.82, 2.24) is 19.9 Å². The number of nitrogens with one attached hydrogen (secondary N) is 1. The summed E-state index contributed by atoms with van der Waals surface area (Å²) in [5.41, 5.74) is 2.14. The number of nitrogens with zero attached hydrogens (tertiary/aromatic N) is 3. The molecule has 0 saturated carbocycles. The van der Waals surface area contributed by atoms with Crippen LogP contribution in [0.4, 0.5) is 0 Å². The fourth-order valence-electron chi connectivity index (χ4n) is 2.78. The van der Waals surface area contributed by atoms with Gasteiger partial charge in [-0.1, -0.05) is 0 Å². The van der Waals surface area contributed by atoms with Crippen molar-refractivity contribution in [1.29, 1.82) is 0 Å². The van der Waals surface area contributed by atoms with E-state index in [1.54, 1.807) is 6.07 Å². The third-order valence-electron chi connectivity index (χ3n) is 3.73. The molecular formula is C15H18N4O. The normalized spacial score (nSPS) is 19.4. The standard InChI is InChI=1S/C15H18N4O/c1-11-17-14(8-15(20)18-11)13-4-7-19(10-13)9-12-2-5-16-6-3-12/h2-3,5-6,8,13H,4,7,9-10H2,1H3,(H,17,18,20)/t13-/m0/s1. The van der Waals surface area contributed by atoms with Crippen molar-refractivity contribution >= 4 is 0 Å². The lowest BCUT2D eigenvalue weighted by atomic mass is 10.0. The Morgan fingerprint density at radius 1 is 1.40 bits per heavy atom. The van der Waals surface area contributed by atoms with Gasteiger partial charge in [0.15, 0.2) is 0 Å². The average Bonchev–Trinajstić information content (AvgIpc) is 2.87. The number of rotatable bonds is 3. The van der Waals surface area contributed by atoms with Crippen LogP contribution in [0, 0.1) is 6.92 Å². The van der Waals surface area contributed by atoms with Gasteiger partial charge in [0.1, 0.15) is 5.82 Å². The topological polar surface area (TPSA) is 61.9 Å². The first-order chi connectivity index (χ1) is 9.70.